The van der Waals surface area contributed by atoms with Crippen molar-refractivity contribution in [1.29, 1.82) is 0 Å². The van der Waals surface area contributed by atoms with E-state index >= 15 is 0 Å². The van der Waals surface area contributed by atoms with E-state index < -0.39 is 0 Å². The zero-order chi connectivity index (χ0) is 21.2. The number of benzene rings is 2. The van der Waals surface area contributed by atoms with Crippen molar-refractivity contribution in [2.75, 3.05) is 12.4 Å². The number of nitrogens with one attached hydrogen (secondary N) is 1. The molecule has 30 heavy (non-hydrogen) atoms. The number of pyridine rings is 1. The average molecular weight is 422 g/mol. The predicted molar refractivity (Wildman–Crippen MR) is 116 cm³/mol. The van der Waals surface area contributed by atoms with Crippen molar-refractivity contribution in [2.24, 2.45) is 5.92 Å². The Labute approximate surface area is 178 Å². The van der Waals surface area contributed by atoms with E-state index in [1.165, 1.54) is 0 Å². The molecule has 0 bridgehead atoms. The maximum Gasteiger partial charge on any atom is 0.254 e. The third kappa shape index (κ3) is 2.91. The molecule has 1 aliphatic heterocycles. The number of hydrogen-bond donors (Lipinski definition) is 2. The number of fused-ring (bicyclic) bond motifs is 3. The van der Waals surface area contributed by atoms with Gasteiger partial charge in [-0.3, -0.25) is 9.59 Å². The minimum atomic E-state index is -0.0962. The molecular weight excluding hydrogens is 402 g/mol. The zero-order valence-corrected chi connectivity index (χ0v) is 17.4. The maximum atomic E-state index is 13.0. The lowest BCUT2D eigenvalue weighted by Crippen LogP contribution is -2.18. The molecule has 5 rings (SSSR count). The molecule has 3 aromatic rings. The second kappa shape index (κ2) is 6.71. The first-order valence-corrected chi connectivity index (χ1v) is 10.2. The van der Waals surface area contributed by atoms with E-state index in [9.17, 15) is 14.7 Å². The van der Waals surface area contributed by atoms with E-state index in [1.54, 1.807) is 30.3 Å². The van der Waals surface area contributed by atoms with Crippen LogP contribution in [0.15, 0.2) is 30.5 Å². The Morgan fingerprint density at radius 2 is 2.03 bits per heavy atom. The van der Waals surface area contributed by atoms with Gasteiger partial charge in [-0.05, 0) is 60.0 Å². The van der Waals surface area contributed by atoms with Crippen molar-refractivity contribution >= 4 is 40.0 Å². The highest BCUT2D eigenvalue weighted by molar-refractivity contribution is 6.35. The fourth-order valence-corrected chi connectivity index (χ4v) is 4.42. The molecule has 2 aliphatic rings. The van der Waals surface area contributed by atoms with Crippen molar-refractivity contribution < 1.29 is 14.7 Å². The standard InChI is InChI=1S/C23H20ClN3O3/c1-11-3-6-17(28)21(24)19(11)15-7-13-9-25-18(26-22(29)12-4-5-12)8-14(13)16-10-27(2)23(30)20(15)16/h3,6-9,12,28H,4-5,10H2,1-2H3,(H,25,26,29). The average Bonchev–Trinajstić information content (AvgIpc) is 3.52. The molecule has 152 valence electrons. The minimum absolute atomic E-state index is 0.00882. The quantitative estimate of drug-likeness (QED) is 0.652. The van der Waals surface area contributed by atoms with Gasteiger partial charge in [-0.15, -0.1) is 0 Å². The molecule has 1 aliphatic carbocycles. The molecule has 0 atom stereocenters. The van der Waals surface area contributed by atoms with Crippen molar-refractivity contribution in [3.05, 3.63) is 52.2 Å². The molecule has 1 saturated carbocycles. The number of anilines is 1. The first-order chi connectivity index (χ1) is 14.3. The number of halogens is 1. The molecule has 7 heteroatoms. The van der Waals surface area contributed by atoms with E-state index in [0.29, 0.717) is 29.1 Å². The Morgan fingerprint density at radius 3 is 2.77 bits per heavy atom. The summed E-state index contributed by atoms with van der Waals surface area (Å²) in [6, 6.07) is 7.05. The molecule has 2 amide bonds. The third-order valence-electron chi connectivity index (χ3n) is 5.89. The summed E-state index contributed by atoms with van der Waals surface area (Å²) in [5.74, 6) is 0.440. The minimum Gasteiger partial charge on any atom is -0.506 e. The second-order valence-electron chi connectivity index (χ2n) is 8.08. The third-order valence-corrected chi connectivity index (χ3v) is 6.27. The number of carbonyl (C=O) groups excluding carboxylic acids is 2. The summed E-state index contributed by atoms with van der Waals surface area (Å²) >= 11 is 6.45. The summed E-state index contributed by atoms with van der Waals surface area (Å²) in [7, 11) is 1.76. The van der Waals surface area contributed by atoms with E-state index in [1.807, 2.05) is 19.1 Å². The van der Waals surface area contributed by atoms with Crippen LogP contribution in [0.4, 0.5) is 5.82 Å². The SMILES string of the molecule is Cc1ccc(O)c(Cl)c1-c1cc2cnc(NC(=O)C3CC3)cc2c2c1C(=O)N(C)C2. The van der Waals surface area contributed by atoms with Crippen LogP contribution in [-0.2, 0) is 11.3 Å². The Kier molecular flexibility index (Phi) is 4.22. The molecule has 2 N–H and O–H groups in total. The van der Waals surface area contributed by atoms with E-state index in [0.717, 1.165) is 34.7 Å². The Balaban J connectivity index is 1.73. The number of amides is 2. The molecule has 1 aromatic heterocycles. The van der Waals surface area contributed by atoms with E-state index in [4.69, 9.17) is 11.6 Å². The van der Waals surface area contributed by atoms with Gasteiger partial charge >= 0.3 is 0 Å². The van der Waals surface area contributed by atoms with Crippen LogP contribution in [0.25, 0.3) is 21.9 Å². The van der Waals surface area contributed by atoms with Gasteiger partial charge in [0, 0.05) is 36.7 Å². The summed E-state index contributed by atoms with van der Waals surface area (Å²) in [6.07, 6.45) is 3.54. The van der Waals surface area contributed by atoms with E-state index in [2.05, 4.69) is 10.3 Å². The molecule has 0 spiro atoms. The molecule has 6 nitrogen and oxygen atoms in total. The van der Waals surface area contributed by atoms with Crippen molar-refractivity contribution in [2.45, 2.75) is 26.3 Å². The van der Waals surface area contributed by atoms with Crippen LogP contribution in [0.1, 0.15) is 34.3 Å². The van der Waals surface area contributed by atoms with Crippen LogP contribution in [0.5, 0.6) is 5.75 Å². The van der Waals surface area contributed by atoms with Gasteiger partial charge in [-0.2, -0.15) is 0 Å². The highest BCUT2D eigenvalue weighted by Crippen LogP contribution is 2.44. The second-order valence-corrected chi connectivity index (χ2v) is 8.46. The van der Waals surface area contributed by atoms with Crippen molar-refractivity contribution in [1.82, 2.24) is 9.88 Å². The van der Waals surface area contributed by atoms with Crippen LogP contribution in [0, 0.1) is 12.8 Å². The number of rotatable bonds is 3. The largest absolute Gasteiger partial charge is 0.506 e. The molecular formula is C23H20ClN3O3. The number of carbonyl (C=O) groups is 2. The van der Waals surface area contributed by atoms with Crippen LogP contribution >= 0.6 is 11.6 Å². The number of phenolic OH excluding ortho intramolecular Hbond substituents is 1. The van der Waals surface area contributed by atoms with Gasteiger partial charge in [0.2, 0.25) is 5.91 Å². The maximum absolute atomic E-state index is 13.0. The fourth-order valence-electron chi connectivity index (χ4n) is 4.11. The zero-order valence-electron chi connectivity index (χ0n) is 16.6. The summed E-state index contributed by atoms with van der Waals surface area (Å²) in [4.78, 5) is 31.2. The van der Waals surface area contributed by atoms with Crippen LogP contribution in [0.2, 0.25) is 5.02 Å². The summed E-state index contributed by atoms with van der Waals surface area (Å²) in [5, 5.41) is 15.0. The Hall–Kier alpha value is -3.12. The Bertz CT molecular complexity index is 1250. The summed E-state index contributed by atoms with van der Waals surface area (Å²) < 4.78 is 0. The molecule has 0 unspecified atom stereocenters. The Morgan fingerprint density at radius 1 is 1.27 bits per heavy atom. The number of aromatic nitrogens is 1. The smallest absolute Gasteiger partial charge is 0.254 e. The van der Waals surface area contributed by atoms with Crippen molar-refractivity contribution in [3.63, 3.8) is 0 Å². The van der Waals surface area contributed by atoms with E-state index in [-0.39, 0.29) is 28.5 Å². The van der Waals surface area contributed by atoms with Gasteiger partial charge in [0.15, 0.2) is 0 Å². The first kappa shape index (κ1) is 18.9. The predicted octanol–water partition coefficient (Wildman–Crippen LogP) is 4.50. The fraction of sp³-hybridized carbons (Fsp3) is 0.261. The van der Waals surface area contributed by atoms with Gasteiger partial charge in [0.25, 0.3) is 5.91 Å². The number of aryl methyl sites for hydroxylation is 1. The lowest BCUT2D eigenvalue weighted by Gasteiger charge is -2.15. The molecule has 0 saturated heterocycles. The molecule has 2 aromatic carbocycles. The van der Waals surface area contributed by atoms with Crippen LogP contribution < -0.4 is 5.32 Å². The molecule has 2 heterocycles. The van der Waals surface area contributed by atoms with Gasteiger partial charge in [0.05, 0.1) is 10.6 Å². The number of nitrogens with zero attached hydrogens (tertiary/aromatic N) is 2. The highest BCUT2D eigenvalue weighted by Gasteiger charge is 2.32. The normalized spacial score (nSPS) is 15.6. The topological polar surface area (TPSA) is 82.5 Å². The number of phenols is 1. The van der Waals surface area contributed by atoms with Gasteiger partial charge in [-0.25, -0.2) is 4.98 Å². The van der Waals surface area contributed by atoms with Crippen LogP contribution in [-0.4, -0.2) is 33.9 Å². The summed E-state index contributed by atoms with van der Waals surface area (Å²) in [6.45, 7) is 2.35. The van der Waals surface area contributed by atoms with Gasteiger partial charge in [0.1, 0.15) is 11.6 Å². The molecule has 1 fully saturated rings. The van der Waals surface area contributed by atoms with Crippen molar-refractivity contribution in [3.8, 4) is 16.9 Å². The highest BCUT2D eigenvalue weighted by atomic mass is 35.5. The monoisotopic (exact) mass is 421 g/mol. The first-order valence-electron chi connectivity index (χ1n) is 9.85. The number of hydrogen-bond acceptors (Lipinski definition) is 4. The number of aromatic hydroxyl groups is 1. The summed E-state index contributed by atoms with van der Waals surface area (Å²) in [5.41, 5.74) is 3.64. The van der Waals surface area contributed by atoms with Crippen LogP contribution in [0.3, 0.4) is 0 Å². The van der Waals surface area contributed by atoms with Gasteiger partial charge in [-0.1, -0.05) is 17.7 Å². The molecule has 0 radical (unpaired) electrons. The van der Waals surface area contributed by atoms with Gasteiger partial charge < -0.3 is 15.3 Å². The lowest BCUT2D eigenvalue weighted by atomic mass is 9.90. The lowest BCUT2D eigenvalue weighted by molar-refractivity contribution is -0.117.